The van der Waals surface area contributed by atoms with Crippen LogP contribution in [-0.2, 0) is 0 Å². The Morgan fingerprint density at radius 3 is 3.00 bits per heavy atom. The molecule has 2 unspecified atom stereocenters. The Morgan fingerprint density at radius 2 is 2.31 bits per heavy atom. The van der Waals surface area contributed by atoms with Crippen molar-refractivity contribution in [2.24, 2.45) is 0 Å². The van der Waals surface area contributed by atoms with E-state index in [9.17, 15) is 0 Å². The zero-order chi connectivity index (χ0) is 11.4. The summed E-state index contributed by atoms with van der Waals surface area (Å²) < 4.78 is 0. The molecule has 2 rings (SSSR count). The molecule has 0 bridgehead atoms. The minimum Gasteiger partial charge on any atom is -0.314 e. The van der Waals surface area contributed by atoms with Crippen LogP contribution >= 0.6 is 11.3 Å². The summed E-state index contributed by atoms with van der Waals surface area (Å²) in [5.74, 6) is 0.813. The maximum Gasteiger partial charge on any atom is 0.00728 e. The minimum atomic E-state index is 0.763. The first-order valence-corrected chi connectivity index (χ1v) is 7.46. The Kier molecular flexibility index (Phi) is 4.42. The zero-order valence-corrected chi connectivity index (χ0v) is 11.3. The summed E-state index contributed by atoms with van der Waals surface area (Å²) in [6, 6.07) is 3.15. The lowest BCUT2D eigenvalue weighted by molar-refractivity contribution is 0.340. The molecular formula is C14H23NS. The van der Waals surface area contributed by atoms with Gasteiger partial charge in [0.15, 0.2) is 0 Å². The lowest BCUT2D eigenvalue weighted by Crippen LogP contribution is -2.33. The van der Waals surface area contributed by atoms with Crippen LogP contribution in [0.25, 0.3) is 0 Å². The van der Waals surface area contributed by atoms with E-state index in [-0.39, 0.29) is 0 Å². The Morgan fingerprint density at radius 1 is 1.44 bits per heavy atom. The van der Waals surface area contributed by atoms with Crippen molar-refractivity contribution < 1.29 is 0 Å². The van der Waals surface area contributed by atoms with Gasteiger partial charge < -0.3 is 5.32 Å². The van der Waals surface area contributed by atoms with Gasteiger partial charge in [0, 0.05) is 10.9 Å². The summed E-state index contributed by atoms with van der Waals surface area (Å²) >= 11 is 1.90. The van der Waals surface area contributed by atoms with Gasteiger partial charge in [0.2, 0.25) is 0 Å². The van der Waals surface area contributed by atoms with Crippen LogP contribution in [0.3, 0.4) is 0 Å². The summed E-state index contributed by atoms with van der Waals surface area (Å²) in [4.78, 5) is 1.46. The van der Waals surface area contributed by atoms with Crippen LogP contribution in [-0.4, -0.2) is 12.6 Å². The molecule has 1 aliphatic rings. The first kappa shape index (κ1) is 12.1. The summed E-state index contributed by atoms with van der Waals surface area (Å²) in [6.45, 7) is 5.64. The lowest BCUT2D eigenvalue weighted by Gasteiger charge is -2.29. The molecule has 0 spiro atoms. The lowest BCUT2D eigenvalue weighted by atomic mass is 9.82. The monoisotopic (exact) mass is 237 g/mol. The van der Waals surface area contributed by atoms with Crippen LogP contribution in [0.4, 0.5) is 0 Å². The molecule has 2 atom stereocenters. The van der Waals surface area contributed by atoms with E-state index in [0.717, 1.165) is 12.0 Å². The van der Waals surface area contributed by atoms with Crippen molar-refractivity contribution in [3.63, 3.8) is 0 Å². The van der Waals surface area contributed by atoms with Crippen molar-refractivity contribution >= 4 is 11.3 Å². The molecule has 0 radical (unpaired) electrons. The highest BCUT2D eigenvalue weighted by atomic mass is 32.1. The molecule has 1 aromatic heterocycles. The fourth-order valence-electron chi connectivity index (χ4n) is 2.70. The molecule has 0 aliphatic heterocycles. The van der Waals surface area contributed by atoms with E-state index in [1.54, 1.807) is 5.56 Å². The molecule has 1 heterocycles. The van der Waals surface area contributed by atoms with Gasteiger partial charge in [-0.15, -0.1) is 11.3 Å². The molecular weight excluding hydrogens is 214 g/mol. The summed E-state index contributed by atoms with van der Waals surface area (Å²) in [5, 5.41) is 6.04. The van der Waals surface area contributed by atoms with Gasteiger partial charge in [-0.3, -0.25) is 0 Å². The average molecular weight is 237 g/mol. The van der Waals surface area contributed by atoms with Gasteiger partial charge in [-0.05, 0) is 62.1 Å². The second-order valence-electron chi connectivity index (χ2n) is 5.01. The Labute approximate surface area is 103 Å². The van der Waals surface area contributed by atoms with Crippen molar-refractivity contribution in [3.8, 4) is 0 Å². The Bertz CT molecular complexity index is 318. The van der Waals surface area contributed by atoms with Gasteiger partial charge in [-0.2, -0.15) is 0 Å². The van der Waals surface area contributed by atoms with Crippen LogP contribution in [0.1, 0.15) is 55.4 Å². The minimum absolute atomic E-state index is 0.763. The van der Waals surface area contributed by atoms with Crippen LogP contribution in [0.15, 0.2) is 11.4 Å². The molecule has 1 aliphatic carbocycles. The number of rotatable bonds is 4. The van der Waals surface area contributed by atoms with Crippen molar-refractivity contribution in [1.82, 2.24) is 5.32 Å². The van der Waals surface area contributed by atoms with E-state index in [2.05, 4.69) is 30.6 Å². The molecule has 2 heteroatoms. The fourth-order valence-corrected chi connectivity index (χ4v) is 3.49. The predicted octanol–water partition coefficient (Wildman–Crippen LogP) is 4.08. The van der Waals surface area contributed by atoms with Crippen molar-refractivity contribution in [3.05, 3.63) is 21.9 Å². The molecule has 0 saturated heterocycles. The SMILES string of the molecule is CCCNC1CCCC(c2csc(C)c2)C1. The molecule has 1 aromatic rings. The quantitative estimate of drug-likeness (QED) is 0.832. The fraction of sp³-hybridized carbons (Fsp3) is 0.714. The van der Waals surface area contributed by atoms with Gasteiger partial charge in [0.25, 0.3) is 0 Å². The zero-order valence-electron chi connectivity index (χ0n) is 10.5. The number of hydrogen-bond donors (Lipinski definition) is 1. The number of aryl methyl sites for hydroxylation is 1. The summed E-state index contributed by atoms with van der Waals surface area (Å²) in [6.07, 6.45) is 6.75. The molecule has 1 saturated carbocycles. The molecule has 0 aromatic carbocycles. The second-order valence-corrected chi connectivity index (χ2v) is 6.12. The highest BCUT2D eigenvalue weighted by Crippen LogP contribution is 2.34. The number of thiophene rings is 1. The van der Waals surface area contributed by atoms with Crippen LogP contribution in [0.2, 0.25) is 0 Å². The average Bonchev–Trinajstić information content (AvgIpc) is 2.74. The first-order chi connectivity index (χ1) is 7.79. The smallest absolute Gasteiger partial charge is 0.00728 e. The van der Waals surface area contributed by atoms with E-state index in [1.807, 2.05) is 11.3 Å². The number of hydrogen-bond acceptors (Lipinski definition) is 2. The highest BCUT2D eigenvalue weighted by molar-refractivity contribution is 7.10. The first-order valence-electron chi connectivity index (χ1n) is 6.58. The van der Waals surface area contributed by atoms with Gasteiger partial charge >= 0.3 is 0 Å². The number of nitrogens with one attached hydrogen (secondary N) is 1. The van der Waals surface area contributed by atoms with Gasteiger partial charge in [0.1, 0.15) is 0 Å². The standard InChI is InChI=1S/C14H23NS/c1-3-7-15-14-6-4-5-12(9-14)13-8-11(2)16-10-13/h8,10,12,14-15H,3-7,9H2,1-2H3. The summed E-state index contributed by atoms with van der Waals surface area (Å²) in [5.41, 5.74) is 1.59. The Balaban J connectivity index is 1.91. The third-order valence-electron chi connectivity index (χ3n) is 3.58. The van der Waals surface area contributed by atoms with E-state index in [1.165, 1.54) is 43.5 Å². The van der Waals surface area contributed by atoms with Crippen molar-refractivity contribution in [1.29, 1.82) is 0 Å². The maximum atomic E-state index is 3.68. The molecule has 16 heavy (non-hydrogen) atoms. The maximum absolute atomic E-state index is 3.68. The van der Waals surface area contributed by atoms with E-state index in [4.69, 9.17) is 0 Å². The third-order valence-corrected chi connectivity index (χ3v) is 4.46. The second kappa shape index (κ2) is 5.83. The van der Waals surface area contributed by atoms with Gasteiger partial charge in [0.05, 0.1) is 0 Å². The predicted molar refractivity (Wildman–Crippen MR) is 72.3 cm³/mol. The van der Waals surface area contributed by atoms with E-state index >= 15 is 0 Å². The van der Waals surface area contributed by atoms with Crippen LogP contribution < -0.4 is 5.32 Å². The molecule has 1 fully saturated rings. The molecule has 1 N–H and O–H groups in total. The van der Waals surface area contributed by atoms with Gasteiger partial charge in [-0.1, -0.05) is 13.3 Å². The normalized spacial score (nSPS) is 25.9. The van der Waals surface area contributed by atoms with Crippen molar-refractivity contribution in [2.75, 3.05) is 6.54 Å². The summed E-state index contributed by atoms with van der Waals surface area (Å²) in [7, 11) is 0. The molecule has 1 nitrogen and oxygen atoms in total. The topological polar surface area (TPSA) is 12.0 Å². The molecule has 90 valence electrons. The van der Waals surface area contributed by atoms with E-state index < -0.39 is 0 Å². The van der Waals surface area contributed by atoms with Crippen molar-refractivity contribution in [2.45, 2.75) is 57.9 Å². The van der Waals surface area contributed by atoms with Crippen LogP contribution in [0.5, 0.6) is 0 Å². The van der Waals surface area contributed by atoms with Gasteiger partial charge in [-0.25, -0.2) is 0 Å². The third kappa shape index (κ3) is 3.08. The molecule has 0 amide bonds. The van der Waals surface area contributed by atoms with Crippen LogP contribution in [0, 0.1) is 6.92 Å². The largest absolute Gasteiger partial charge is 0.314 e. The highest BCUT2D eigenvalue weighted by Gasteiger charge is 2.23. The Hall–Kier alpha value is -0.340. The van der Waals surface area contributed by atoms with E-state index in [0.29, 0.717) is 0 Å².